The molecule has 2 aromatic rings. The summed E-state index contributed by atoms with van der Waals surface area (Å²) in [5, 5.41) is 4.29. The molecule has 0 amide bonds. The van der Waals surface area contributed by atoms with Crippen molar-refractivity contribution in [2.45, 2.75) is 12.5 Å². The number of halogens is 2. The van der Waals surface area contributed by atoms with Gasteiger partial charge >= 0.3 is 5.97 Å². The molecule has 0 aliphatic carbocycles. The van der Waals surface area contributed by atoms with Gasteiger partial charge in [0.2, 0.25) is 0 Å². The monoisotopic (exact) mass is 323 g/mol. The minimum atomic E-state index is -1.10. The molecule has 1 unspecified atom stereocenters. The van der Waals surface area contributed by atoms with Gasteiger partial charge < -0.3 is 10.1 Å². The fourth-order valence-electron chi connectivity index (χ4n) is 2.12. The number of rotatable bonds is 4. The number of nitrogens with one attached hydrogen (secondary N) is 1. The summed E-state index contributed by atoms with van der Waals surface area (Å²) >= 11 is 12.1. The predicted octanol–water partition coefficient (Wildman–Crippen LogP) is 4.49. The topological polar surface area (TPSA) is 38.3 Å². The van der Waals surface area contributed by atoms with Crippen LogP contribution in [0, 0.1) is 0 Å². The fourth-order valence-corrected chi connectivity index (χ4v) is 2.57. The number of anilines is 1. The van der Waals surface area contributed by atoms with Crippen LogP contribution in [0.25, 0.3) is 0 Å². The summed E-state index contributed by atoms with van der Waals surface area (Å²) < 4.78 is 4.93. The van der Waals surface area contributed by atoms with E-state index in [4.69, 9.17) is 27.9 Å². The molecule has 3 nitrogen and oxygen atoms in total. The Morgan fingerprint density at radius 1 is 1.10 bits per heavy atom. The lowest BCUT2D eigenvalue weighted by molar-refractivity contribution is -0.145. The molecule has 0 aliphatic rings. The summed E-state index contributed by atoms with van der Waals surface area (Å²) in [5.74, 6) is -0.425. The minimum absolute atomic E-state index is 0.425. The number of benzene rings is 2. The van der Waals surface area contributed by atoms with E-state index in [1.807, 2.05) is 12.1 Å². The third kappa shape index (κ3) is 3.31. The molecule has 0 bridgehead atoms. The average molecular weight is 324 g/mol. The molecule has 0 fully saturated rings. The lowest BCUT2D eigenvalue weighted by Crippen LogP contribution is -2.41. The third-order valence-electron chi connectivity index (χ3n) is 3.24. The van der Waals surface area contributed by atoms with E-state index in [-0.39, 0.29) is 0 Å². The van der Waals surface area contributed by atoms with Crippen molar-refractivity contribution in [1.29, 1.82) is 0 Å². The Morgan fingerprint density at radius 3 is 2.29 bits per heavy atom. The molecule has 0 saturated heterocycles. The van der Waals surface area contributed by atoms with E-state index in [0.29, 0.717) is 15.6 Å². The molecule has 21 heavy (non-hydrogen) atoms. The highest BCUT2D eigenvalue weighted by Crippen LogP contribution is 2.32. The first kappa shape index (κ1) is 15.7. The summed E-state index contributed by atoms with van der Waals surface area (Å²) in [6.45, 7) is 1.73. The number of esters is 1. The lowest BCUT2D eigenvalue weighted by Gasteiger charge is -2.30. The zero-order chi connectivity index (χ0) is 15.5. The van der Waals surface area contributed by atoms with Crippen molar-refractivity contribution >= 4 is 34.9 Å². The SMILES string of the molecule is COC(=O)C(C)(Nc1ccc(Cl)cc1)c1ccccc1Cl. The number of carbonyl (C=O) groups is 1. The summed E-state index contributed by atoms with van der Waals surface area (Å²) in [4.78, 5) is 12.3. The van der Waals surface area contributed by atoms with Gasteiger partial charge in [-0.25, -0.2) is 4.79 Å². The van der Waals surface area contributed by atoms with Crippen LogP contribution in [0.3, 0.4) is 0 Å². The molecule has 0 aromatic heterocycles. The molecular weight excluding hydrogens is 309 g/mol. The largest absolute Gasteiger partial charge is 0.467 e. The summed E-state index contributed by atoms with van der Waals surface area (Å²) in [6.07, 6.45) is 0. The first-order chi connectivity index (χ1) is 9.97. The highest BCUT2D eigenvalue weighted by molar-refractivity contribution is 6.32. The standard InChI is InChI=1S/C16H15Cl2NO2/c1-16(15(20)21-2,13-5-3-4-6-14(13)18)19-12-9-7-11(17)8-10-12/h3-10,19H,1-2H3. The van der Waals surface area contributed by atoms with E-state index in [1.165, 1.54) is 7.11 Å². The van der Waals surface area contributed by atoms with Crippen molar-refractivity contribution in [3.63, 3.8) is 0 Å². The van der Waals surface area contributed by atoms with E-state index >= 15 is 0 Å². The molecule has 0 aliphatic heterocycles. The normalized spacial score (nSPS) is 13.3. The van der Waals surface area contributed by atoms with E-state index < -0.39 is 11.5 Å². The van der Waals surface area contributed by atoms with Crippen LogP contribution in [0.1, 0.15) is 12.5 Å². The fraction of sp³-hybridized carbons (Fsp3) is 0.188. The van der Waals surface area contributed by atoms with Gasteiger partial charge in [0.1, 0.15) is 0 Å². The van der Waals surface area contributed by atoms with E-state index in [1.54, 1.807) is 43.3 Å². The number of ether oxygens (including phenoxy) is 1. The van der Waals surface area contributed by atoms with E-state index in [0.717, 1.165) is 5.69 Å². The lowest BCUT2D eigenvalue weighted by atomic mass is 9.91. The molecule has 1 atom stereocenters. The highest BCUT2D eigenvalue weighted by Gasteiger charge is 2.38. The van der Waals surface area contributed by atoms with Crippen LogP contribution in [0.2, 0.25) is 10.0 Å². The van der Waals surface area contributed by atoms with Crippen LogP contribution in [-0.4, -0.2) is 13.1 Å². The number of methoxy groups -OCH3 is 1. The van der Waals surface area contributed by atoms with Gasteiger partial charge in [0.25, 0.3) is 0 Å². The number of hydrogen-bond donors (Lipinski definition) is 1. The van der Waals surface area contributed by atoms with Gasteiger partial charge in [-0.3, -0.25) is 0 Å². The van der Waals surface area contributed by atoms with Gasteiger partial charge in [0, 0.05) is 21.3 Å². The van der Waals surface area contributed by atoms with Crippen LogP contribution in [0.5, 0.6) is 0 Å². The highest BCUT2D eigenvalue weighted by atomic mass is 35.5. The van der Waals surface area contributed by atoms with Crippen molar-refractivity contribution in [2.75, 3.05) is 12.4 Å². The molecule has 1 N–H and O–H groups in total. The second-order valence-corrected chi connectivity index (χ2v) is 5.57. The van der Waals surface area contributed by atoms with E-state index in [2.05, 4.69) is 5.32 Å². The van der Waals surface area contributed by atoms with E-state index in [9.17, 15) is 4.79 Å². The van der Waals surface area contributed by atoms with Gasteiger partial charge in [0.15, 0.2) is 5.54 Å². The first-order valence-corrected chi connectivity index (χ1v) is 7.10. The van der Waals surface area contributed by atoms with Gasteiger partial charge in [-0.15, -0.1) is 0 Å². The van der Waals surface area contributed by atoms with Crippen LogP contribution in [-0.2, 0) is 15.1 Å². The van der Waals surface area contributed by atoms with Crippen molar-refractivity contribution in [2.24, 2.45) is 0 Å². The molecule has 2 aromatic carbocycles. The van der Waals surface area contributed by atoms with Gasteiger partial charge in [-0.2, -0.15) is 0 Å². The van der Waals surface area contributed by atoms with Crippen molar-refractivity contribution in [3.8, 4) is 0 Å². The van der Waals surface area contributed by atoms with Gasteiger partial charge in [-0.1, -0.05) is 41.4 Å². The Balaban J connectivity index is 2.45. The molecular formula is C16H15Cl2NO2. The quantitative estimate of drug-likeness (QED) is 0.842. The first-order valence-electron chi connectivity index (χ1n) is 6.34. The Hall–Kier alpha value is -1.71. The van der Waals surface area contributed by atoms with Gasteiger partial charge in [-0.05, 0) is 37.3 Å². The van der Waals surface area contributed by atoms with Crippen LogP contribution >= 0.6 is 23.2 Å². The van der Waals surface area contributed by atoms with Crippen LogP contribution in [0.15, 0.2) is 48.5 Å². The smallest absolute Gasteiger partial charge is 0.335 e. The zero-order valence-electron chi connectivity index (χ0n) is 11.7. The molecule has 2 rings (SSSR count). The Kier molecular flexibility index (Phi) is 4.76. The maximum atomic E-state index is 12.3. The Bertz CT molecular complexity index is 643. The maximum Gasteiger partial charge on any atom is 0.335 e. The van der Waals surface area contributed by atoms with Crippen molar-refractivity contribution in [3.05, 3.63) is 64.1 Å². The van der Waals surface area contributed by atoms with Gasteiger partial charge in [0.05, 0.1) is 7.11 Å². The molecule has 5 heteroatoms. The second-order valence-electron chi connectivity index (χ2n) is 4.73. The molecule has 0 saturated carbocycles. The zero-order valence-corrected chi connectivity index (χ0v) is 13.2. The third-order valence-corrected chi connectivity index (χ3v) is 3.83. The van der Waals surface area contributed by atoms with Crippen LogP contribution < -0.4 is 5.32 Å². The predicted molar refractivity (Wildman–Crippen MR) is 85.9 cm³/mol. The maximum absolute atomic E-state index is 12.3. The average Bonchev–Trinajstić information content (AvgIpc) is 2.49. The molecule has 110 valence electrons. The summed E-state index contributed by atoms with van der Waals surface area (Å²) in [7, 11) is 1.35. The molecule has 0 radical (unpaired) electrons. The second kappa shape index (κ2) is 6.37. The molecule has 0 heterocycles. The molecule has 0 spiro atoms. The minimum Gasteiger partial charge on any atom is -0.467 e. The Morgan fingerprint density at radius 2 is 1.71 bits per heavy atom. The Labute approximate surface area is 133 Å². The summed E-state index contributed by atoms with van der Waals surface area (Å²) in [5.41, 5.74) is 0.293. The number of hydrogen-bond acceptors (Lipinski definition) is 3. The van der Waals surface area contributed by atoms with Crippen molar-refractivity contribution in [1.82, 2.24) is 0 Å². The summed E-state index contributed by atoms with van der Waals surface area (Å²) in [6, 6.07) is 14.2. The van der Waals surface area contributed by atoms with Crippen LogP contribution in [0.4, 0.5) is 5.69 Å². The van der Waals surface area contributed by atoms with Crippen molar-refractivity contribution < 1.29 is 9.53 Å². The number of carbonyl (C=O) groups excluding carboxylic acids is 1.